The smallest absolute Gasteiger partial charge is 0.140 e. The summed E-state index contributed by atoms with van der Waals surface area (Å²) in [4.78, 5) is 8.64. The number of aromatic nitrogens is 3. The van der Waals surface area contributed by atoms with E-state index in [-0.39, 0.29) is 5.54 Å². The lowest BCUT2D eigenvalue weighted by atomic mass is 10.1. The molecule has 4 nitrogen and oxygen atoms in total. The van der Waals surface area contributed by atoms with E-state index in [2.05, 4.69) is 25.9 Å². The van der Waals surface area contributed by atoms with Crippen LogP contribution < -0.4 is 5.73 Å². The molecule has 0 saturated heterocycles. The molecule has 0 aliphatic heterocycles. The minimum atomic E-state index is 0.0908. The van der Waals surface area contributed by atoms with Crippen molar-refractivity contribution >= 4 is 21.6 Å². The molecular formula is C11H13BrN4. The number of nitrogens with two attached hydrogens (primary N) is 1. The van der Waals surface area contributed by atoms with Crippen LogP contribution in [0, 0.1) is 0 Å². The lowest BCUT2D eigenvalue weighted by Crippen LogP contribution is -2.22. The van der Waals surface area contributed by atoms with Gasteiger partial charge in [0.25, 0.3) is 0 Å². The van der Waals surface area contributed by atoms with E-state index < -0.39 is 0 Å². The van der Waals surface area contributed by atoms with Crippen LogP contribution in [-0.4, -0.2) is 19.9 Å². The second-order valence-electron chi connectivity index (χ2n) is 4.52. The normalized spacial score (nSPS) is 17.9. The predicted octanol–water partition coefficient (Wildman–Crippen LogP) is 1.92. The Morgan fingerprint density at radius 2 is 2.31 bits per heavy atom. The Bertz CT molecular complexity index is 530. The highest BCUT2D eigenvalue weighted by molar-refractivity contribution is 9.10. The summed E-state index contributed by atoms with van der Waals surface area (Å²) in [6.07, 6.45) is 7.77. The minimum Gasteiger partial charge on any atom is -0.325 e. The molecule has 0 unspecified atom stereocenters. The third kappa shape index (κ3) is 1.74. The van der Waals surface area contributed by atoms with Gasteiger partial charge >= 0.3 is 0 Å². The SMILES string of the molecule is NC1(CCc2nc3ccncn3c2Br)CC1. The Balaban J connectivity index is 1.88. The van der Waals surface area contributed by atoms with Gasteiger partial charge in [0.05, 0.1) is 5.69 Å². The monoisotopic (exact) mass is 280 g/mol. The second-order valence-corrected chi connectivity index (χ2v) is 5.27. The van der Waals surface area contributed by atoms with Crippen LogP contribution in [0.3, 0.4) is 0 Å². The maximum Gasteiger partial charge on any atom is 0.140 e. The zero-order valence-electron chi connectivity index (χ0n) is 8.86. The van der Waals surface area contributed by atoms with Gasteiger partial charge in [0.15, 0.2) is 0 Å². The van der Waals surface area contributed by atoms with E-state index in [4.69, 9.17) is 5.73 Å². The van der Waals surface area contributed by atoms with E-state index in [1.165, 1.54) is 0 Å². The first kappa shape index (κ1) is 10.2. The molecule has 0 atom stereocenters. The van der Waals surface area contributed by atoms with Gasteiger partial charge in [-0.25, -0.2) is 9.97 Å². The first-order chi connectivity index (χ1) is 7.68. The highest BCUT2D eigenvalue weighted by Gasteiger charge is 2.37. The zero-order chi connectivity index (χ0) is 11.2. The molecule has 1 aliphatic rings. The predicted molar refractivity (Wildman–Crippen MR) is 65.2 cm³/mol. The van der Waals surface area contributed by atoms with Gasteiger partial charge in [0, 0.05) is 11.7 Å². The molecule has 2 aromatic rings. The quantitative estimate of drug-likeness (QED) is 0.935. The number of rotatable bonds is 3. The number of hydrogen-bond acceptors (Lipinski definition) is 3. The number of imidazole rings is 1. The summed E-state index contributed by atoms with van der Waals surface area (Å²) in [5.41, 5.74) is 8.17. The summed E-state index contributed by atoms with van der Waals surface area (Å²) in [6.45, 7) is 0. The topological polar surface area (TPSA) is 56.2 Å². The molecule has 84 valence electrons. The largest absolute Gasteiger partial charge is 0.325 e. The summed E-state index contributed by atoms with van der Waals surface area (Å²) in [6, 6.07) is 1.91. The fourth-order valence-corrected chi connectivity index (χ4v) is 2.42. The van der Waals surface area contributed by atoms with Crippen molar-refractivity contribution in [3.05, 3.63) is 28.9 Å². The van der Waals surface area contributed by atoms with Crippen LogP contribution in [0.4, 0.5) is 0 Å². The Morgan fingerprint density at radius 3 is 3.00 bits per heavy atom. The molecular weight excluding hydrogens is 268 g/mol. The molecule has 2 aromatic heterocycles. The number of aryl methyl sites for hydroxylation is 1. The first-order valence-electron chi connectivity index (χ1n) is 5.43. The van der Waals surface area contributed by atoms with Gasteiger partial charge < -0.3 is 5.73 Å². The van der Waals surface area contributed by atoms with Gasteiger partial charge in [-0.15, -0.1) is 0 Å². The van der Waals surface area contributed by atoms with Gasteiger partial charge in [0.2, 0.25) is 0 Å². The molecule has 1 saturated carbocycles. The summed E-state index contributed by atoms with van der Waals surface area (Å²) < 4.78 is 2.95. The van der Waals surface area contributed by atoms with Crippen LogP contribution in [-0.2, 0) is 6.42 Å². The van der Waals surface area contributed by atoms with Crippen molar-refractivity contribution in [2.45, 2.75) is 31.2 Å². The van der Waals surface area contributed by atoms with E-state index in [0.717, 1.165) is 41.6 Å². The molecule has 2 heterocycles. The Morgan fingerprint density at radius 1 is 1.50 bits per heavy atom. The van der Waals surface area contributed by atoms with Crippen LogP contribution in [0.5, 0.6) is 0 Å². The Labute approximate surface area is 102 Å². The Hall–Kier alpha value is -0.940. The van der Waals surface area contributed by atoms with Crippen molar-refractivity contribution in [2.24, 2.45) is 5.73 Å². The highest BCUT2D eigenvalue weighted by Crippen LogP contribution is 2.37. The summed E-state index contributed by atoms with van der Waals surface area (Å²) >= 11 is 3.56. The van der Waals surface area contributed by atoms with E-state index in [0.29, 0.717) is 0 Å². The van der Waals surface area contributed by atoms with Crippen molar-refractivity contribution in [3.8, 4) is 0 Å². The van der Waals surface area contributed by atoms with Crippen LogP contribution in [0.1, 0.15) is 25.0 Å². The number of fused-ring (bicyclic) bond motifs is 1. The molecule has 5 heteroatoms. The second kappa shape index (κ2) is 3.53. The maximum absolute atomic E-state index is 6.08. The molecule has 0 amide bonds. The van der Waals surface area contributed by atoms with Gasteiger partial charge in [0.1, 0.15) is 16.6 Å². The first-order valence-corrected chi connectivity index (χ1v) is 6.23. The number of hydrogen-bond donors (Lipinski definition) is 1. The van der Waals surface area contributed by atoms with E-state index in [1.54, 1.807) is 12.5 Å². The summed E-state index contributed by atoms with van der Waals surface area (Å²) in [7, 11) is 0. The molecule has 16 heavy (non-hydrogen) atoms. The molecule has 1 fully saturated rings. The molecule has 0 radical (unpaired) electrons. The van der Waals surface area contributed by atoms with Crippen molar-refractivity contribution in [3.63, 3.8) is 0 Å². The fraction of sp³-hybridized carbons (Fsp3) is 0.455. The van der Waals surface area contributed by atoms with E-state index in [1.807, 2.05) is 10.5 Å². The molecule has 1 aliphatic carbocycles. The van der Waals surface area contributed by atoms with Crippen LogP contribution in [0.2, 0.25) is 0 Å². The standard InChI is InChI=1S/C11H13BrN4/c12-10-8(1-3-11(13)4-5-11)15-9-2-6-14-7-16(9)10/h2,6-7H,1,3-5,13H2. The Kier molecular flexibility index (Phi) is 2.26. The summed E-state index contributed by atoms with van der Waals surface area (Å²) in [5.74, 6) is 0. The molecule has 0 bridgehead atoms. The van der Waals surface area contributed by atoms with Gasteiger partial charge in [-0.1, -0.05) is 0 Å². The lowest BCUT2D eigenvalue weighted by molar-refractivity contribution is 0.603. The molecule has 2 N–H and O–H groups in total. The lowest BCUT2D eigenvalue weighted by Gasteiger charge is -2.05. The van der Waals surface area contributed by atoms with Crippen molar-refractivity contribution in [1.29, 1.82) is 0 Å². The van der Waals surface area contributed by atoms with Crippen LogP contribution >= 0.6 is 15.9 Å². The van der Waals surface area contributed by atoms with Crippen molar-refractivity contribution in [1.82, 2.24) is 14.4 Å². The highest BCUT2D eigenvalue weighted by atomic mass is 79.9. The van der Waals surface area contributed by atoms with Crippen molar-refractivity contribution in [2.75, 3.05) is 0 Å². The van der Waals surface area contributed by atoms with Gasteiger partial charge in [-0.3, -0.25) is 4.40 Å². The molecule has 0 spiro atoms. The van der Waals surface area contributed by atoms with Crippen LogP contribution in [0.15, 0.2) is 23.2 Å². The third-order valence-corrected chi connectivity index (χ3v) is 4.03. The molecule has 0 aromatic carbocycles. The number of halogens is 1. The summed E-state index contributed by atoms with van der Waals surface area (Å²) in [5, 5.41) is 0. The van der Waals surface area contributed by atoms with Crippen molar-refractivity contribution < 1.29 is 0 Å². The maximum atomic E-state index is 6.08. The minimum absolute atomic E-state index is 0.0908. The average molecular weight is 281 g/mol. The number of nitrogens with zero attached hydrogens (tertiary/aromatic N) is 3. The fourth-order valence-electron chi connectivity index (χ4n) is 1.86. The van der Waals surface area contributed by atoms with E-state index in [9.17, 15) is 0 Å². The van der Waals surface area contributed by atoms with Gasteiger partial charge in [-0.05, 0) is 47.7 Å². The van der Waals surface area contributed by atoms with E-state index >= 15 is 0 Å². The third-order valence-electron chi connectivity index (χ3n) is 3.19. The average Bonchev–Trinajstić information content (AvgIpc) is 2.94. The zero-order valence-corrected chi connectivity index (χ0v) is 10.4. The van der Waals surface area contributed by atoms with Gasteiger partial charge in [-0.2, -0.15) is 0 Å². The van der Waals surface area contributed by atoms with Crippen LogP contribution in [0.25, 0.3) is 5.65 Å². The molecule has 3 rings (SSSR count).